The second-order valence-corrected chi connectivity index (χ2v) is 9.30. The molecule has 2 fully saturated rings. The summed E-state index contributed by atoms with van der Waals surface area (Å²) in [6.45, 7) is 17.3. The number of carbonyl (C=O) groups excluding carboxylic acids is 3. The van der Waals surface area contributed by atoms with Crippen molar-refractivity contribution >= 4 is 17.7 Å². The van der Waals surface area contributed by atoms with E-state index in [0.29, 0.717) is 24.0 Å². The quantitative estimate of drug-likeness (QED) is 0.360. The van der Waals surface area contributed by atoms with E-state index in [-0.39, 0.29) is 29.0 Å². The SMILES string of the molecule is C=C(C)[C@@H]1C[C@@]2(C)[C@H](CC(=O)C[C@@H]2C)[C@@H](OC(=O)/C(C)=C/C)[C@H]1OC(=O)/C(C)=C/C. The average Bonchev–Trinajstić information content (AvgIpc) is 2.69. The van der Waals surface area contributed by atoms with Gasteiger partial charge in [0.15, 0.2) is 0 Å². The van der Waals surface area contributed by atoms with Crippen molar-refractivity contribution in [1.29, 1.82) is 0 Å². The lowest BCUT2D eigenvalue weighted by Gasteiger charge is -2.56. The van der Waals surface area contributed by atoms with E-state index in [4.69, 9.17) is 9.47 Å². The summed E-state index contributed by atoms with van der Waals surface area (Å²) in [7, 11) is 0. The normalized spacial score (nSPS) is 34.8. The standard InChI is InChI=1S/C25H36O5/c1-9-15(5)23(27)29-21-19(14(3)4)13-25(8)17(7)11-18(26)12-20(25)22(21)30-24(28)16(6)10-2/h9-10,17,19-22H,3,11-13H2,1-2,4-8H3/b15-9+,16-10+/t17-,19-,20+,21-,22+,25+/m0/s1. The van der Waals surface area contributed by atoms with Crippen LogP contribution in [0.2, 0.25) is 0 Å². The lowest BCUT2D eigenvalue weighted by molar-refractivity contribution is -0.198. The van der Waals surface area contributed by atoms with Gasteiger partial charge in [-0.2, -0.15) is 0 Å². The van der Waals surface area contributed by atoms with Gasteiger partial charge in [0.2, 0.25) is 0 Å². The van der Waals surface area contributed by atoms with Crippen molar-refractivity contribution in [2.75, 3.05) is 0 Å². The third-order valence-electron chi connectivity index (χ3n) is 7.36. The molecule has 2 aliphatic carbocycles. The summed E-state index contributed by atoms with van der Waals surface area (Å²) < 4.78 is 11.9. The molecule has 2 aliphatic rings. The molecular weight excluding hydrogens is 380 g/mol. The maximum Gasteiger partial charge on any atom is 0.333 e. The molecule has 0 radical (unpaired) electrons. The van der Waals surface area contributed by atoms with E-state index < -0.39 is 24.1 Å². The fourth-order valence-electron chi connectivity index (χ4n) is 4.82. The molecule has 5 heteroatoms. The Balaban J connectivity index is 2.55. The van der Waals surface area contributed by atoms with Gasteiger partial charge in [0, 0.05) is 35.8 Å². The van der Waals surface area contributed by atoms with Crippen LogP contribution in [0.15, 0.2) is 35.5 Å². The van der Waals surface area contributed by atoms with Crippen LogP contribution in [0.25, 0.3) is 0 Å². The molecule has 0 N–H and O–H groups in total. The van der Waals surface area contributed by atoms with Crippen molar-refractivity contribution in [2.45, 2.75) is 79.9 Å². The second-order valence-electron chi connectivity index (χ2n) is 9.30. The molecule has 166 valence electrons. The molecule has 2 rings (SSSR count). The molecule has 2 saturated carbocycles. The summed E-state index contributed by atoms with van der Waals surface area (Å²) in [5, 5.41) is 0. The van der Waals surface area contributed by atoms with Gasteiger partial charge in [0.05, 0.1) is 0 Å². The zero-order chi connectivity index (χ0) is 22.8. The molecule has 0 aromatic carbocycles. The first-order valence-electron chi connectivity index (χ1n) is 10.8. The second kappa shape index (κ2) is 9.32. The lowest BCUT2D eigenvalue weighted by atomic mass is 9.51. The topological polar surface area (TPSA) is 69.7 Å². The molecular formula is C25H36O5. The molecule has 0 aromatic heterocycles. The first kappa shape index (κ1) is 24.1. The number of ketones is 1. The van der Waals surface area contributed by atoms with Crippen molar-refractivity contribution in [1.82, 2.24) is 0 Å². The van der Waals surface area contributed by atoms with Gasteiger partial charge < -0.3 is 9.47 Å². The van der Waals surface area contributed by atoms with Crippen molar-refractivity contribution in [3.63, 3.8) is 0 Å². The molecule has 30 heavy (non-hydrogen) atoms. The first-order valence-corrected chi connectivity index (χ1v) is 10.8. The fraction of sp³-hybridized carbons (Fsp3) is 0.640. The van der Waals surface area contributed by atoms with Gasteiger partial charge in [-0.05, 0) is 52.4 Å². The molecule has 0 amide bonds. The van der Waals surface area contributed by atoms with Crippen LogP contribution in [0, 0.1) is 23.2 Å². The van der Waals surface area contributed by atoms with Gasteiger partial charge in [-0.25, -0.2) is 9.59 Å². The lowest BCUT2D eigenvalue weighted by Crippen LogP contribution is -2.59. The van der Waals surface area contributed by atoms with Crippen LogP contribution < -0.4 is 0 Å². The maximum atomic E-state index is 12.7. The Morgan fingerprint density at radius 2 is 1.50 bits per heavy atom. The highest BCUT2D eigenvalue weighted by molar-refractivity contribution is 5.89. The van der Waals surface area contributed by atoms with E-state index in [1.165, 1.54) is 0 Å². The van der Waals surface area contributed by atoms with Crippen LogP contribution in [-0.2, 0) is 23.9 Å². The maximum absolute atomic E-state index is 12.7. The summed E-state index contributed by atoms with van der Waals surface area (Å²) >= 11 is 0. The Hall–Kier alpha value is -2.17. The zero-order valence-corrected chi connectivity index (χ0v) is 19.4. The van der Waals surface area contributed by atoms with Gasteiger partial charge in [-0.3, -0.25) is 4.79 Å². The van der Waals surface area contributed by atoms with Crippen molar-refractivity contribution in [2.24, 2.45) is 23.2 Å². The highest BCUT2D eigenvalue weighted by Gasteiger charge is 2.58. The van der Waals surface area contributed by atoms with Crippen LogP contribution in [0.5, 0.6) is 0 Å². The van der Waals surface area contributed by atoms with Crippen molar-refractivity contribution in [3.8, 4) is 0 Å². The average molecular weight is 417 g/mol. The van der Waals surface area contributed by atoms with E-state index in [9.17, 15) is 14.4 Å². The largest absolute Gasteiger partial charge is 0.455 e. The molecule has 0 heterocycles. The number of Topliss-reactive ketones (excluding diaryl/α,β-unsaturated/α-hetero) is 1. The third-order valence-corrected chi connectivity index (χ3v) is 7.36. The predicted octanol–water partition coefficient (Wildman–Crippen LogP) is 4.96. The minimum absolute atomic E-state index is 0.142. The van der Waals surface area contributed by atoms with Gasteiger partial charge in [-0.1, -0.05) is 38.2 Å². The van der Waals surface area contributed by atoms with E-state index in [1.54, 1.807) is 39.8 Å². The summed E-state index contributed by atoms with van der Waals surface area (Å²) in [4.78, 5) is 37.9. The van der Waals surface area contributed by atoms with Crippen LogP contribution in [0.3, 0.4) is 0 Å². The smallest absolute Gasteiger partial charge is 0.333 e. The van der Waals surface area contributed by atoms with Crippen LogP contribution in [0.1, 0.15) is 67.7 Å². The molecule has 0 bridgehead atoms. The number of allylic oxidation sites excluding steroid dienone is 2. The van der Waals surface area contributed by atoms with Gasteiger partial charge in [0.25, 0.3) is 0 Å². The highest BCUT2D eigenvalue weighted by Crippen LogP contribution is 2.56. The molecule has 0 unspecified atom stereocenters. The van der Waals surface area contributed by atoms with Crippen molar-refractivity contribution in [3.05, 3.63) is 35.5 Å². The Labute approximate surface area is 180 Å². The minimum Gasteiger partial charge on any atom is -0.455 e. The van der Waals surface area contributed by atoms with E-state index in [2.05, 4.69) is 20.4 Å². The number of hydrogen-bond acceptors (Lipinski definition) is 5. The minimum atomic E-state index is -0.701. The van der Waals surface area contributed by atoms with Gasteiger partial charge in [-0.15, -0.1) is 0 Å². The molecule has 0 saturated heterocycles. The molecule has 6 atom stereocenters. The van der Waals surface area contributed by atoms with Gasteiger partial charge >= 0.3 is 11.9 Å². The summed E-state index contributed by atoms with van der Waals surface area (Å²) in [5.74, 6) is -0.931. The van der Waals surface area contributed by atoms with E-state index in [0.717, 1.165) is 12.0 Å². The number of rotatable bonds is 5. The molecule has 0 spiro atoms. The molecule has 0 aliphatic heterocycles. The number of carbonyl (C=O) groups is 3. The van der Waals surface area contributed by atoms with Crippen LogP contribution in [0.4, 0.5) is 0 Å². The van der Waals surface area contributed by atoms with Gasteiger partial charge in [0.1, 0.15) is 18.0 Å². The molecule has 5 nitrogen and oxygen atoms in total. The number of esters is 2. The number of fused-ring (bicyclic) bond motifs is 1. The molecule has 0 aromatic rings. The Bertz CT molecular complexity index is 789. The fourth-order valence-corrected chi connectivity index (χ4v) is 4.82. The number of ether oxygens (including phenoxy) is 2. The van der Waals surface area contributed by atoms with E-state index in [1.807, 2.05) is 6.92 Å². The van der Waals surface area contributed by atoms with E-state index >= 15 is 0 Å². The zero-order valence-electron chi connectivity index (χ0n) is 19.4. The predicted molar refractivity (Wildman–Crippen MR) is 117 cm³/mol. The Kier molecular flexibility index (Phi) is 7.49. The first-order chi connectivity index (χ1) is 14.0. The Morgan fingerprint density at radius 3 is 1.97 bits per heavy atom. The summed E-state index contributed by atoms with van der Waals surface area (Å²) in [6, 6.07) is 0. The summed E-state index contributed by atoms with van der Waals surface area (Å²) in [6.07, 6.45) is 3.61. The summed E-state index contributed by atoms with van der Waals surface area (Å²) in [5.41, 5.74) is 1.65. The highest BCUT2D eigenvalue weighted by atomic mass is 16.6. The third kappa shape index (κ3) is 4.60. The Morgan fingerprint density at radius 1 is 1.00 bits per heavy atom. The van der Waals surface area contributed by atoms with Crippen LogP contribution in [-0.4, -0.2) is 29.9 Å². The monoisotopic (exact) mass is 416 g/mol. The van der Waals surface area contributed by atoms with Crippen molar-refractivity contribution < 1.29 is 23.9 Å². The number of hydrogen-bond donors (Lipinski definition) is 0. The van der Waals surface area contributed by atoms with Crippen LogP contribution >= 0.6 is 0 Å².